The highest BCUT2D eigenvalue weighted by Crippen LogP contribution is 2.45. The van der Waals surface area contributed by atoms with E-state index >= 15 is 0 Å². The van der Waals surface area contributed by atoms with Gasteiger partial charge in [0.1, 0.15) is 11.6 Å². The second kappa shape index (κ2) is 11.0. The van der Waals surface area contributed by atoms with Gasteiger partial charge < -0.3 is 20.3 Å². The smallest absolute Gasteiger partial charge is 0.259 e. The number of rotatable bonds is 9. The number of nitrogens with zero attached hydrogens (tertiary/aromatic N) is 3. The van der Waals surface area contributed by atoms with Gasteiger partial charge in [-0.15, -0.1) is 19.0 Å². The predicted octanol–water partition coefficient (Wildman–Crippen LogP) is 1.24. The number of carbonyl (C=O) groups excluding carboxylic acids is 2. The first-order valence-corrected chi connectivity index (χ1v) is 14.9. The second-order valence-corrected chi connectivity index (χ2v) is 12.7. The molecule has 3 heterocycles. The minimum Gasteiger partial charge on any atom is -0.473 e. The summed E-state index contributed by atoms with van der Waals surface area (Å²) in [6, 6.07) is 9.47. The zero-order valence-corrected chi connectivity index (χ0v) is 23.5. The van der Waals surface area contributed by atoms with Crippen molar-refractivity contribution in [3.05, 3.63) is 60.3 Å². The van der Waals surface area contributed by atoms with Crippen molar-refractivity contribution in [1.82, 2.24) is 25.3 Å². The van der Waals surface area contributed by atoms with Crippen molar-refractivity contribution in [2.45, 2.75) is 61.6 Å². The lowest BCUT2D eigenvalue weighted by atomic mass is 10.0. The van der Waals surface area contributed by atoms with Gasteiger partial charge in [-0.1, -0.05) is 30.3 Å². The Morgan fingerprint density at radius 1 is 1.20 bits per heavy atom. The molecule has 11 nitrogen and oxygen atoms in total. The fourth-order valence-electron chi connectivity index (χ4n) is 5.40. The Labute approximate surface area is 239 Å². The van der Waals surface area contributed by atoms with Crippen molar-refractivity contribution in [3.63, 3.8) is 0 Å². The summed E-state index contributed by atoms with van der Waals surface area (Å²) in [5.41, 5.74) is 1.31. The van der Waals surface area contributed by atoms with Crippen molar-refractivity contribution in [1.29, 1.82) is 0 Å². The van der Waals surface area contributed by atoms with Crippen LogP contribution in [0.1, 0.15) is 36.8 Å². The maximum atomic E-state index is 13.1. The minimum atomic E-state index is -3.72. The molecular weight excluding hydrogens is 556 g/mol. The number of amides is 2. The van der Waals surface area contributed by atoms with E-state index in [4.69, 9.17) is 4.74 Å². The number of fused-ring (bicyclic) bond motifs is 1. The van der Waals surface area contributed by atoms with Crippen LogP contribution in [0, 0.1) is 5.92 Å². The molecule has 0 bridgehead atoms. The van der Waals surface area contributed by atoms with E-state index in [1.165, 1.54) is 11.1 Å². The fraction of sp³-hybridized carbons (Fsp3) is 0.481. The highest BCUT2D eigenvalue weighted by atomic mass is 35.5. The molecule has 4 unspecified atom stereocenters. The Morgan fingerprint density at radius 2 is 1.98 bits per heavy atom. The molecule has 2 aromatic rings. The Balaban J connectivity index is 0.00000323. The first-order valence-electron chi connectivity index (χ1n) is 13.3. The summed E-state index contributed by atoms with van der Waals surface area (Å²) in [6.45, 7) is 5.70. The number of carbonyl (C=O) groups is 2. The molecule has 3 fully saturated rings. The third kappa shape index (κ3) is 5.65. The van der Waals surface area contributed by atoms with E-state index in [1.54, 1.807) is 18.3 Å². The lowest BCUT2D eigenvalue weighted by molar-refractivity contribution is -0.130. The summed E-state index contributed by atoms with van der Waals surface area (Å²) >= 11 is 0. The van der Waals surface area contributed by atoms with Gasteiger partial charge in [0.05, 0.1) is 11.3 Å². The van der Waals surface area contributed by atoms with Gasteiger partial charge in [-0.3, -0.25) is 14.3 Å². The Morgan fingerprint density at radius 3 is 2.70 bits per heavy atom. The van der Waals surface area contributed by atoms with E-state index in [9.17, 15) is 18.0 Å². The molecule has 1 aromatic carbocycles. The van der Waals surface area contributed by atoms with E-state index in [1.807, 2.05) is 6.07 Å². The van der Waals surface area contributed by atoms with Gasteiger partial charge in [-0.25, -0.2) is 13.4 Å². The number of anilines is 1. The monoisotopic (exact) mass is 588 g/mol. The van der Waals surface area contributed by atoms with Crippen molar-refractivity contribution in [2.75, 3.05) is 18.0 Å². The third-order valence-electron chi connectivity index (χ3n) is 7.97. The quantitative estimate of drug-likeness (QED) is 0.369. The predicted molar refractivity (Wildman–Crippen MR) is 151 cm³/mol. The summed E-state index contributed by atoms with van der Waals surface area (Å²) in [5, 5.41) is 5.42. The molecule has 1 aromatic heterocycles. The molecule has 2 aliphatic carbocycles. The Kier molecular flexibility index (Phi) is 7.77. The van der Waals surface area contributed by atoms with Crippen molar-refractivity contribution in [3.8, 4) is 5.88 Å². The molecule has 2 saturated carbocycles. The van der Waals surface area contributed by atoms with Crippen LogP contribution in [0.5, 0.6) is 5.88 Å². The van der Waals surface area contributed by atoms with Gasteiger partial charge in [-0.05, 0) is 36.8 Å². The topological polar surface area (TPSA) is 143 Å². The molecule has 4 aliphatic rings. The molecule has 4 atom stereocenters. The van der Waals surface area contributed by atoms with Gasteiger partial charge in [0, 0.05) is 44.2 Å². The van der Waals surface area contributed by atoms with Crippen molar-refractivity contribution >= 4 is 40.2 Å². The standard InChI is InChI=1S/C27H32N6O5S.ClH/c1-2-19-14-27(19,25(35)32-39(36,37)21-7-8-21)31-24(34)22-13-20(15-29-22)38-23-9-11-28-26(30-23)33-12-10-17-5-3-4-6-18(17)16-33;/h2-6,9,11,19-22,29H,1,7-8,10,12-16H2,(H,31,34)(H,32,35);1H. The molecule has 2 amide bonds. The number of ether oxygens (including phenoxy) is 1. The molecule has 6 rings (SSSR count). The van der Waals surface area contributed by atoms with E-state index in [0.717, 1.165) is 19.5 Å². The molecule has 214 valence electrons. The summed E-state index contributed by atoms with van der Waals surface area (Å²) in [6.07, 6.45) is 5.63. The van der Waals surface area contributed by atoms with Crippen LogP contribution in [0.3, 0.4) is 0 Å². The molecule has 0 spiro atoms. The van der Waals surface area contributed by atoms with Gasteiger partial charge >= 0.3 is 0 Å². The van der Waals surface area contributed by atoms with Crippen LogP contribution in [0.4, 0.5) is 5.95 Å². The van der Waals surface area contributed by atoms with Crippen molar-refractivity contribution < 1.29 is 22.7 Å². The van der Waals surface area contributed by atoms with Crippen LogP contribution in [-0.2, 0) is 32.6 Å². The summed E-state index contributed by atoms with van der Waals surface area (Å²) in [5.74, 6) is -0.375. The molecular formula is C27H33ClN6O5S. The second-order valence-electron chi connectivity index (χ2n) is 10.8. The van der Waals surface area contributed by atoms with Crippen LogP contribution in [0.2, 0.25) is 0 Å². The van der Waals surface area contributed by atoms with Crippen molar-refractivity contribution in [2.24, 2.45) is 5.92 Å². The lowest BCUT2D eigenvalue weighted by Gasteiger charge is -2.29. The summed E-state index contributed by atoms with van der Waals surface area (Å²) in [7, 11) is -3.72. The maximum Gasteiger partial charge on any atom is 0.259 e. The Bertz CT molecular complexity index is 1420. The van der Waals surface area contributed by atoms with Crippen LogP contribution < -0.4 is 25.0 Å². The maximum absolute atomic E-state index is 13.1. The largest absolute Gasteiger partial charge is 0.473 e. The highest BCUT2D eigenvalue weighted by Gasteiger charge is 2.61. The zero-order valence-electron chi connectivity index (χ0n) is 21.9. The summed E-state index contributed by atoms with van der Waals surface area (Å²) in [4.78, 5) is 37.2. The molecule has 0 radical (unpaired) electrons. The van der Waals surface area contributed by atoms with Gasteiger partial charge in [-0.2, -0.15) is 4.98 Å². The number of hydrogen-bond donors (Lipinski definition) is 3. The highest BCUT2D eigenvalue weighted by molar-refractivity contribution is 7.91. The van der Waals surface area contributed by atoms with Crippen LogP contribution in [0.25, 0.3) is 0 Å². The zero-order chi connectivity index (χ0) is 27.2. The number of benzene rings is 1. The number of sulfonamides is 1. The number of hydrogen-bond acceptors (Lipinski definition) is 9. The first kappa shape index (κ1) is 28.3. The van der Waals surface area contributed by atoms with E-state index in [-0.39, 0.29) is 30.3 Å². The van der Waals surface area contributed by atoms with E-state index in [0.29, 0.717) is 44.1 Å². The Hall–Kier alpha value is -3.22. The normalized spacial score (nSPS) is 27.1. The SMILES string of the molecule is C=CC1CC1(NC(=O)C1CC(Oc2ccnc(N3CCc4ccccc4C3)n2)CN1)C(=O)NS(=O)(=O)C1CC1.Cl. The molecule has 2 aliphatic heterocycles. The van der Waals surface area contributed by atoms with E-state index in [2.05, 4.69) is 55.0 Å². The molecule has 3 N–H and O–H groups in total. The first-order chi connectivity index (χ1) is 18.8. The molecule has 40 heavy (non-hydrogen) atoms. The lowest BCUT2D eigenvalue weighted by Crippen LogP contribution is -2.55. The van der Waals surface area contributed by atoms with E-state index < -0.39 is 32.8 Å². The fourth-order valence-corrected chi connectivity index (χ4v) is 6.77. The number of nitrogens with one attached hydrogen (secondary N) is 3. The van der Waals surface area contributed by atoms with Gasteiger partial charge in [0.25, 0.3) is 5.91 Å². The van der Waals surface area contributed by atoms with Gasteiger partial charge in [0.2, 0.25) is 27.8 Å². The number of halogens is 1. The molecule has 13 heteroatoms. The average Bonchev–Trinajstić information content (AvgIpc) is 3.86. The van der Waals surface area contributed by atoms with Crippen LogP contribution in [0.15, 0.2) is 49.2 Å². The average molecular weight is 589 g/mol. The third-order valence-corrected chi connectivity index (χ3v) is 9.79. The van der Waals surface area contributed by atoms with Gasteiger partial charge in [0.15, 0.2) is 0 Å². The summed E-state index contributed by atoms with van der Waals surface area (Å²) < 4.78 is 32.9. The number of aromatic nitrogens is 2. The van der Waals surface area contributed by atoms with Crippen LogP contribution in [-0.4, -0.2) is 66.2 Å². The molecule has 1 saturated heterocycles. The van der Waals surface area contributed by atoms with Crippen LogP contribution >= 0.6 is 12.4 Å². The minimum absolute atomic E-state index is 0.